The average Bonchev–Trinajstić information content (AvgIpc) is 3.08. The summed E-state index contributed by atoms with van der Waals surface area (Å²) in [6.07, 6.45) is 1.78. The normalized spacial score (nSPS) is 11.2. The van der Waals surface area contributed by atoms with E-state index in [1.165, 1.54) is 0 Å². The van der Waals surface area contributed by atoms with Crippen molar-refractivity contribution in [2.45, 2.75) is 13.1 Å². The van der Waals surface area contributed by atoms with Gasteiger partial charge in [-0.05, 0) is 35.9 Å². The molecule has 0 saturated heterocycles. The molecule has 1 heterocycles. The maximum absolute atomic E-state index is 5.88. The van der Waals surface area contributed by atoms with Gasteiger partial charge in [0, 0.05) is 26.8 Å². The van der Waals surface area contributed by atoms with Gasteiger partial charge < -0.3 is 15.4 Å². The molecule has 0 aliphatic carbocycles. The largest absolute Gasteiger partial charge is 0.457 e. The Bertz CT molecular complexity index is 857. The van der Waals surface area contributed by atoms with E-state index in [2.05, 4.69) is 26.8 Å². The van der Waals surface area contributed by atoms with E-state index in [0.717, 1.165) is 28.7 Å². The Labute approximate surface area is 153 Å². The Morgan fingerprint density at radius 3 is 2.50 bits per heavy atom. The van der Waals surface area contributed by atoms with Crippen molar-refractivity contribution in [3.8, 4) is 11.5 Å². The molecule has 0 amide bonds. The molecule has 0 saturated carbocycles. The van der Waals surface area contributed by atoms with Crippen LogP contribution in [0.25, 0.3) is 0 Å². The highest BCUT2D eigenvalue weighted by molar-refractivity contribution is 5.79. The molecule has 1 aromatic heterocycles. The highest BCUT2D eigenvalue weighted by Crippen LogP contribution is 2.21. The lowest BCUT2D eigenvalue weighted by molar-refractivity contribution is 0.482. The highest BCUT2D eigenvalue weighted by Gasteiger charge is 2.03. The third kappa shape index (κ3) is 4.86. The predicted molar refractivity (Wildman–Crippen MR) is 103 cm³/mol. The number of guanidine groups is 1. The van der Waals surface area contributed by atoms with E-state index in [1.54, 1.807) is 13.2 Å². The minimum atomic E-state index is 0.650. The Hall–Kier alpha value is -3.28. The number of rotatable bonds is 6. The molecule has 6 nitrogen and oxygen atoms in total. The minimum Gasteiger partial charge on any atom is -0.457 e. The maximum Gasteiger partial charge on any atom is 0.191 e. The minimum absolute atomic E-state index is 0.650. The molecule has 2 N–H and O–H groups in total. The van der Waals surface area contributed by atoms with Crippen molar-refractivity contribution in [1.82, 2.24) is 20.4 Å². The molecule has 3 rings (SSSR count). The van der Waals surface area contributed by atoms with Gasteiger partial charge in [0.2, 0.25) is 0 Å². The van der Waals surface area contributed by atoms with Crippen molar-refractivity contribution in [2.75, 3.05) is 7.05 Å². The Morgan fingerprint density at radius 1 is 1.00 bits per heavy atom. The number of aryl methyl sites for hydroxylation is 1. The summed E-state index contributed by atoms with van der Waals surface area (Å²) in [5, 5.41) is 10.8. The lowest BCUT2D eigenvalue weighted by Gasteiger charge is -2.13. The van der Waals surface area contributed by atoms with Gasteiger partial charge in [0.25, 0.3) is 0 Å². The van der Waals surface area contributed by atoms with E-state index in [9.17, 15) is 0 Å². The number of para-hydroxylation sites is 1. The second-order valence-corrected chi connectivity index (χ2v) is 5.79. The number of aliphatic imine (C=N–C) groups is 1. The Morgan fingerprint density at radius 2 is 1.77 bits per heavy atom. The average molecular weight is 349 g/mol. The molecule has 134 valence electrons. The number of ether oxygens (including phenoxy) is 1. The number of nitrogens with one attached hydrogen (secondary N) is 2. The van der Waals surface area contributed by atoms with Gasteiger partial charge >= 0.3 is 0 Å². The smallest absolute Gasteiger partial charge is 0.191 e. The number of benzene rings is 2. The summed E-state index contributed by atoms with van der Waals surface area (Å²) in [5.74, 6) is 2.38. The van der Waals surface area contributed by atoms with Gasteiger partial charge in [-0.1, -0.05) is 30.3 Å². The van der Waals surface area contributed by atoms with Crippen molar-refractivity contribution < 1.29 is 4.74 Å². The van der Waals surface area contributed by atoms with Gasteiger partial charge in [-0.25, -0.2) is 0 Å². The molecule has 0 fully saturated rings. The summed E-state index contributed by atoms with van der Waals surface area (Å²) in [6, 6.07) is 19.8. The summed E-state index contributed by atoms with van der Waals surface area (Å²) in [4.78, 5) is 4.26. The summed E-state index contributed by atoms with van der Waals surface area (Å²) in [5.41, 5.74) is 2.20. The molecule has 0 atom stereocenters. The van der Waals surface area contributed by atoms with Crippen molar-refractivity contribution >= 4 is 5.96 Å². The number of hydrogen-bond acceptors (Lipinski definition) is 3. The first-order chi connectivity index (χ1) is 12.7. The molecule has 3 aromatic rings. The second-order valence-electron chi connectivity index (χ2n) is 5.79. The standard InChI is InChI=1S/C20H23N5O/c1-21-20(23-15-17-11-12-24-25(17)2)22-14-16-7-6-10-19(13-16)26-18-8-4-3-5-9-18/h3-13H,14-15H2,1-2H3,(H2,21,22,23). The van der Waals surface area contributed by atoms with Crippen LogP contribution in [0.4, 0.5) is 0 Å². The van der Waals surface area contributed by atoms with Crippen LogP contribution in [0.5, 0.6) is 11.5 Å². The van der Waals surface area contributed by atoms with E-state index in [4.69, 9.17) is 4.74 Å². The molecular formula is C20H23N5O. The molecule has 0 aliphatic rings. The molecule has 2 aromatic carbocycles. The second kappa shape index (κ2) is 8.71. The van der Waals surface area contributed by atoms with Gasteiger partial charge in [0.15, 0.2) is 5.96 Å². The van der Waals surface area contributed by atoms with E-state index in [-0.39, 0.29) is 0 Å². The number of hydrogen-bond donors (Lipinski definition) is 2. The zero-order valence-electron chi connectivity index (χ0n) is 15.0. The van der Waals surface area contributed by atoms with Crippen molar-refractivity contribution in [1.29, 1.82) is 0 Å². The first-order valence-electron chi connectivity index (χ1n) is 8.48. The van der Waals surface area contributed by atoms with Crippen LogP contribution in [0.2, 0.25) is 0 Å². The Kier molecular flexibility index (Phi) is 5.88. The fraction of sp³-hybridized carbons (Fsp3) is 0.200. The van der Waals surface area contributed by atoms with Crippen molar-refractivity contribution in [3.63, 3.8) is 0 Å². The molecule has 0 aliphatic heterocycles. The van der Waals surface area contributed by atoms with E-state index in [1.807, 2.05) is 66.3 Å². The lowest BCUT2D eigenvalue weighted by atomic mass is 10.2. The van der Waals surface area contributed by atoms with E-state index >= 15 is 0 Å². The first kappa shape index (κ1) is 17.5. The SMILES string of the molecule is CN=C(NCc1cccc(Oc2ccccc2)c1)NCc1ccnn1C. The van der Waals surface area contributed by atoms with Crippen molar-refractivity contribution in [2.24, 2.45) is 12.0 Å². The summed E-state index contributed by atoms with van der Waals surface area (Å²) in [7, 11) is 3.68. The fourth-order valence-electron chi connectivity index (χ4n) is 2.50. The van der Waals surface area contributed by atoms with Crippen LogP contribution < -0.4 is 15.4 Å². The van der Waals surface area contributed by atoms with E-state index in [0.29, 0.717) is 13.1 Å². The van der Waals surface area contributed by atoms with Crippen LogP contribution in [-0.4, -0.2) is 22.8 Å². The molecule has 26 heavy (non-hydrogen) atoms. The van der Waals surface area contributed by atoms with Gasteiger partial charge in [-0.2, -0.15) is 5.10 Å². The van der Waals surface area contributed by atoms with Gasteiger partial charge in [0.1, 0.15) is 11.5 Å². The first-order valence-corrected chi connectivity index (χ1v) is 8.48. The van der Waals surface area contributed by atoms with Gasteiger partial charge in [-0.15, -0.1) is 0 Å². The monoisotopic (exact) mass is 349 g/mol. The molecular weight excluding hydrogens is 326 g/mol. The zero-order valence-corrected chi connectivity index (χ0v) is 15.0. The van der Waals surface area contributed by atoms with E-state index < -0.39 is 0 Å². The van der Waals surface area contributed by atoms with Crippen LogP contribution in [0.1, 0.15) is 11.3 Å². The molecule has 6 heteroatoms. The highest BCUT2D eigenvalue weighted by atomic mass is 16.5. The Balaban J connectivity index is 1.55. The van der Waals surface area contributed by atoms with Crippen LogP contribution in [0.3, 0.4) is 0 Å². The summed E-state index contributed by atoms with van der Waals surface area (Å²) in [6.45, 7) is 1.31. The van der Waals surface area contributed by atoms with Gasteiger partial charge in [-0.3, -0.25) is 9.67 Å². The molecule has 0 radical (unpaired) electrons. The van der Waals surface area contributed by atoms with Gasteiger partial charge in [0.05, 0.1) is 12.2 Å². The van der Waals surface area contributed by atoms with Crippen LogP contribution in [0, 0.1) is 0 Å². The molecule has 0 spiro atoms. The topological polar surface area (TPSA) is 63.5 Å². The molecule has 0 unspecified atom stereocenters. The van der Waals surface area contributed by atoms with Crippen LogP contribution in [-0.2, 0) is 20.1 Å². The third-order valence-electron chi connectivity index (χ3n) is 3.92. The zero-order chi connectivity index (χ0) is 18.2. The fourth-order valence-corrected chi connectivity index (χ4v) is 2.50. The number of nitrogens with zero attached hydrogens (tertiary/aromatic N) is 3. The van der Waals surface area contributed by atoms with Crippen LogP contribution in [0.15, 0.2) is 71.9 Å². The quantitative estimate of drug-likeness (QED) is 0.530. The van der Waals surface area contributed by atoms with Crippen LogP contribution >= 0.6 is 0 Å². The lowest BCUT2D eigenvalue weighted by Crippen LogP contribution is -2.36. The third-order valence-corrected chi connectivity index (χ3v) is 3.92. The predicted octanol–water partition coefficient (Wildman–Crippen LogP) is 3.08. The summed E-state index contributed by atoms with van der Waals surface area (Å²) < 4.78 is 7.72. The number of aromatic nitrogens is 2. The maximum atomic E-state index is 5.88. The molecule has 0 bridgehead atoms. The summed E-state index contributed by atoms with van der Waals surface area (Å²) >= 11 is 0. The van der Waals surface area contributed by atoms with Crippen molar-refractivity contribution in [3.05, 3.63) is 78.1 Å².